The normalized spacial score (nSPS) is 10.0. The highest BCUT2D eigenvalue weighted by Crippen LogP contribution is 2.22. The Morgan fingerprint density at radius 3 is 2.71 bits per heavy atom. The minimum Gasteiger partial charge on any atom is -0.465 e. The molecule has 0 aliphatic rings. The number of halogens is 2. The van der Waals surface area contributed by atoms with Crippen molar-refractivity contribution in [2.75, 3.05) is 12.4 Å². The summed E-state index contributed by atoms with van der Waals surface area (Å²) < 4.78 is 18.1. The Balaban J connectivity index is 2.35. The predicted octanol–water partition coefficient (Wildman–Crippen LogP) is 2.91. The molecule has 0 atom stereocenters. The minimum atomic E-state index is -0.906. The van der Waals surface area contributed by atoms with Crippen LogP contribution in [0.3, 0.4) is 0 Å². The molecule has 7 heteroatoms. The van der Waals surface area contributed by atoms with Gasteiger partial charge in [0, 0.05) is 11.2 Å². The number of hydrogen-bond acceptors (Lipinski definition) is 4. The fourth-order valence-corrected chi connectivity index (χ4v) is 1.83. The van der Waals surface area contributed by atoms with E-state index < -0.39 is 17.8 Å². The van der Waals surface area contributed by atoms with Gasteiger partial charge in [-0.2, -0.15) is 4.39 Å². The lowest BCUT2D eigenvalue weighted by Gasteiger charge is -2.10. The summed E-state index contributed by atoms with van der Waals surface area (Å²) in [5, 5.41) is 2.73. The van der Waals surface area contributed by atoms with Crippen LogP contribution in [0.2, 0.25) is 5.02 Å². The first-order valence-electron chi connectivity index (χ1n) is 5.82. The topological polar surface area (TPSA) is 68.3 Å². The summed E-state index contributed by atoms with van der Waals surface area (Å²) in [6.45, 7) is 0. The zero-order valence-electron chi connectivity index (χ0n) is 10.9. The predicted molar refractivity (Wildman–Crippen MR) is 74.9 cm³/mol. The Morgan fingerprint density at radius 2 is 2.05 bits per heavy atom. The van der Waals surface area contributed by atoms with Gasteiger partial charge in [-0.3, -0.25) is 4.79 Å². The van der Waals surface area contributed by atoms with Crippen molar-refractivity contribution in [3.05, 3.63) is 58.6 Å². The van der Waals surface area contributed by atoms with E-state index in [1.807, 2.05) is 0 Å². The maximum absolute atomic E-state index is 13.5. The van der Waals surface area contributed by atoms with Crippen molar-refractivity contribution in [3.8, 4) is 0 Å². The van der Waals surface area contributed by atoms with Gasteiger partial charge in [-0.25, -0.2) is 9.78 Å². The Kier molecular flexibility index (Phi) is 4.49. The number of nitrogens with one attached hydrogen (secondary N) is 1. The van der Waals surface area contributed by atoms with E-state index in [0.717, 1.165) is 0 Å². The quantitative estimate of drug-likeness (QED) is 0.699. The monoisotopic (exact) mass is 308 g/mol. The molecule has 2 rings (SSSR count). The van der Waals surface area contributed by atoms with E-state index in [-0.39, 0.29) is 16.8 Å². The second-order valence-electron chi connectivity index (χ2n) is 3.98. The second-order valence-corrected chi connectivity index (χ2v) is 4.41. The van der Waals surface area contributed by atoms with Crippen LogP contribution in [0.1, 0.15) is 20.7 Å². The summed E-state index contributed by atoms with van der Waals surface area (Å²) in [7, 11) is 1.21. The van der Waals surface area contributed by atoms with Gasteiger partial charge in [0.1, 0.15) is 0 Å². The minimum absolute atomic E-state index is 0.111. The first-order chi connectivity index (χ1) is 10.0. The molecule has 1 N–H and O–H groups in total. The van der Waals surface area contributed by atoms with Crippen molar-refractivity contribution in [2.24, 2.45) is 0 Å². The molecule has 1 aromatic carbocycles. The number of amides is 1. The standard InChI is InChI=1S/C14H10ClFN2O3/c1-21-14(20)9-5-4-8(15)7-11(9)18-13(19)10-3-2-6-17-12(10)16/h2-7H,1H3,(H,18,19). The van der Waals surface area contributed by atoms with Crippen molar-refractivity contribution < 1.29 is 18.7 Å². The summed E-state index contributed by atoms with van der Waals surface area (Å²) >= 11 is 5.84. The fourth-order valence-electron chi connectivity index (χ4n) is 1.65. The highest BCUT2D eigenvalue weighted by molar-refractivity contribution is 6.31. The maximum atomic E-state index is 13.5. The van der Waals surface area contributed by atoms with Crippen molar-refractivity contribution in [2.45, 2.75) is 0 Å². The summed E-state index contributed by atoms with van der Waals surface area (Å²) in [6.07, 6.45) is 1.23. The van der Waals surface area contributed by atoms with E-state index in [1.54, 1.807) is 0 Å². The van der Waals surface area contributed by atoms with Crippen LogP contribution in [-0.2, 0) is 4.74 Å². The number of rotatable bonds is 3. The Bertz CT molecular complexity index is 706. The average Bonchev–Trinajstić information content (AvgIpc) is 2.47. The number of benzene rings is 1. The number of methoxy groups -OCH3 is 1. The number of esters is 1. The molecule has 0 saturated carbocycles. The summed E-state index contributed by atoms with van der Waals surface area (Å²) in [6, 6.07) is 6.97. The van der Waals surface area contributed by atoms with Gasteiger partial charge in [0.2, 0.25) is 5.95 Å². The number of pyridine rings is 1. The molecule has 0 radical (unpaired) electrons. The van der Waals surface area contributed by atoms with Crippen LogP contribution in [0.5, 0.6) is 0 Å². The Hall–Kier alpha value is -2.47. The molecule has 1 amide bonds. The van der Waals surface area contributed by atoms with Gasteiger partial charge in [-0.15, -0.1) is 0 Å². The van der Waals surface area contributed by atoms with Gasteiger partial charge in [0.15, 0.2) is 0 Å². The van der Waals surface area contributed by atoms with Crippen molar-refractivity contribution >= 4 is 29.2 Å². The third-order valence-electron chi connectivity index (χ3n) is 2.64. The lowest BCUT2D eigenvalue weighted by atomic mass is 10.1. The van der Waals surface area contributed by atoms with E-state index in [2.05, 4.69) is 15.0 Å². The highest BCUT2D eigenvalue weighted by Gasteiger charge is 2.17. The van der Waals surface area contributed by atoms with Gasteiger partial charge in [0.05, 0.1) is 23.9 Å². The Labute approximate surface area is 124 Å². The molecule has 0 bridgehead atoms. The van der Waals surface area contributed by atoms with Gasteiger partial charge in [-0.05, 0) is 30.3 Å². The molecule has 0 spiro atoms. The second kappa shape index (κ2) is 6.32. The zero-order chi connectivity index (χ0) is 15.4. The molecule has 1 aromatic heterocycles. The first kappa shape index (κ1) is 14.9. The van der Waals surface area contributed by atoms with E-state index in [0.29, 0.717) is 5.02 Å². The average molecular weight is 309 g/mol. The fraction of sp³-hybridized carbons (Fsp3) is 0.0714. The number of nitrogens with zero attached hydrogens (tertiary/aromatic N) is 1. The molecule has 0 saturated heterocycles. The first-order valence-corrected chi connectivity index (χ1v) is 6.20. The third-order valence-corrected chi connectivity index (χ3v) is 2.87. The largest absolute Gasteiger partial charge is 0.465 e. The van der Waals surface area contributed by atoms with E-state index in [1.165, 1.54) is 43.6 Å². The molecule has 1 heterocycles. The lowest BCUT2D eigenvalue weighted by molar-refractivity contribution is 0.0602. The number of ether oxygens (including phenoxy) is 1. The number of carbonyl (C=O) groups excluding carboxylic acids is 2. The summed E-state index contributed by atoms with van der Waals surface area (Å²) in [5.41, 5.74) is -0.00422. The molecule has 0 aliphatic carbocycles. The molecule has 0 fully saturated rings. The number of anilines is 1. The molecule has 0 unspecified atom stereocenters. The summed E-state index contributed by atoms with van der Waals surface area (Å²) in [4.78, 5) is 27.0. The van der Waals surface area contributed by atoms with Gasteiger partial charge >= 0.3 is 5.97 Å². The molecule has 21 heavy (non-hydrogen) atoms. The van der Waals surface area contributed by atoms with Crippen LogP contribution in [0.4, 0.5) is 10.1 Å². The van der Waals surface area contributed by atoms with Crippen LogP contribution in [-0.4, -0.2) is 24.0 Å². The number of carbonyl (C=O) groups is 2. The van der Waals surface area contributed by atoms with Crippen LogP contribution < -0.4 is 5.32 Å². The zero-order valence-corrected chi connectivity index (χ0v) is 11.6. The number of aromatic nitrogens is 1. The maximum Gasteiger partial charge on any atom is 0.339 e. The Morgan fingerprint density at radius 1 is 1.29 bits per heavy atom. The molecule has 108 valence electrons. The number of hydrogen-bond donors (Lipinski definition) is 1. The third kappa shape index (κ3) is 3.35. The molecule has 5 nitrogen and oxygen atoms in total. The van der Waals surface area contributed by atoms with Crippen LogP contribution >= 0.6 is 11.6 Å². The van der Waals surface area contributed by atoms with E-state index in [4.69, 9.17) is 11.6 Å². The SMILES string of the molecule is COC(=O)c1ccc(Cl)cc1NC(=O)c1cccnc1F. The molecule has 0 aliphatic heterocycles. The van der Waals surface area contributed by atoms with E-state index in [9.17, 15) is 14.0 Å². The molecular weight excluding hydrogens is 299 g/mol. The van der Waals surface area contributed by atoms with Gasteiger partial charge < -0.3 is 10.1 Å². The van der Waals surface area contributed by atoms with Crippen molar-refractivity contribution in [1.82, 2.24) is 4.98 Å². The summed E-state index contributed by atoms with van der Waals surface area (Å²) in [5.74, 6) is -2.29. The lowest BCUT2D eigenvalue weighted by Crippen LogP contribution is -2.17. The van der Waals surface area contributed by atoms with Gasteiger partial charge in [-0.1, -0.05) is 11.6 Å². The van der Waals surface area contributed by atoms with Crippen molar-refractivity contribution in [1.29, 1.82) is 0 Å². The van der Waals surface area contributed by atoms with E-state index >= 15 is 0 Å². The molecule has 2 aromatic rings. The van der Waals surface area contributed by atoms with Crippen LogP contribution in [0.15, 0.2) is 36.5 Å². The van der Waals surface area contributed by atoms with Crippen LogP contribution in [0, 0.1) is 5.95 Å². The van der Waals surface area contributed by atoms with Crippen molar-refractivity contribution in [3.63, 3.8) is 0 Å². The highest BCUT2D eigenvalue weighted by atomic mass is 35.5. The van der Waals surface area contributed by atoms with Crippen LogP contribution in [0.25, 0.3) is 0 Å². The smallest absolute Gasteiger partial charge is 0.339 e. The van der Waals surface area contributed by atoms with Gasteiger partial charge in [0.25, 0.3) is 5.91 Å². The molecular formula is C14H10ClFN2O3.